The van der Waals surface area contributed by atoms with Gasteiger partial charge in [0.2, 0.25) is 10.0 Å². The van der Waals surface area contributed by atoms with Gasteiger partial charge >= 0.3 is 0 Å². The monoisotopic (exact) mass is 522 g/mol. The molecule has 4 rings (SSSR count). The summed E-state index contributed by atoms with van der Waals surface area (Å²) in [6.07, 6.45) is 3.71. The number of hydrogen-bond donors (Lipinski definition) is 2. The van der Waals surface area contributed by atoms with Crippen LogP contribution < -0.4 is 15.2 Å². The topological polar surface area (TPSA) is 97.5 Å². The molecule has 0 atom stereocenters. The minimum absolute atomic E-state index is 0.0117. The maximum Gasteiger partial charge on any atom is 0.233 e. The molecule has 1 aliphatic rings. The molecule has 1 saturated heterocycles. The molecule has 7 nitrogen and oxygen atoms in total. The summed E-state index contributed by atoms with van der Waals surface area (Å²) < 4.78 is 61.1. The third-order valence-electron chi connectivity index (χ3n) is 5.74. The van der Waals surface area contributed by atoms with Gasteiger partial charge < -0.3 is 15.4 Å². The smallest absolute Gasteiger partial charge is 0.233 e. The fourth-order valence-corrected chi connectivity index (χ4v) is 5.12. The Labute approximate surface area is 207 Å². The molecule has 0 unspecified atom stereocenters. The van der Waals surface area contributed by atoms with Gasteiger partial charge in [-0.1, -0.05) is 23.7 Å². The molecule has 0 amide bonds. The third-order valence-corrected chi connectivity index (χ3v) is 7.41. The fourth-order valence-electron chi connectivity index (χ4n) is 3.83. The predicted molar refractivity (Wildman–Crippen MR) is 133 cm³/mol. The van der Waals surface area contributed by atoms with E-state index >= 15 is 0 Å². The van der Waals surface area contributed by atoms with Crippen molar-refractivity contribution in [2.75, 3.05) is 35.8 Å². The minimum atomic E-state index is -3.52. The van der Waals surface area contributed by atoms with Crippen LogP contribution in [0, 0.1) is 11.6 Å². The van der Waals surface area contributed by atoms with Gasteiger partial charge in [0.05, 0.1) is 10.8 Å². The molecule has 0 bridgehead atoms. The zero-order chi connectivity index (χ0) is 25.0. The van der Waals surface area contributed by atoms with Gasteiger partial charge in [-0.15, -0.1) is 0 Å². The Bertz CT molecular complexity index is 1320. The lowest BCUT2D eigenvalue weighted by molar-refractivity contribution is 0.300. The molecule has 0 aliphatic carbocycles. The lowest BCUT2D eigenvalue weighted by Gasteiger charge is -2.15. The second kappa shape index (κ2) is 10.8. The number of ether oxygens (including phenoxy) is 1. The minimum Gasteiger partial charge on any atom is -0.485 e. The molecule has 2 heterocycles. The Morgan fingerprint density at radius 1 is 1.09 bits per heavy atom. The number of likely N-dealkylation sites (tertiary alicyclic amines) is 1. The summed E-state index contributed by atoms with van der Waals surface area (Å²) in [7, 11) is -3.52. The zero-order valence-corrected chi connectivity index (χ0v) is 20.4. The number of nitrogens with zero attached hydrogens (tertiary/aromatic N) is 2. The number of benzene rings is 2. The molecule has 1 aromatic heterocycles. The van der Waals surface area contributed by atoms with E-state index in [9.17, 15) is 17.2 Å². The molecule has 2 aromatic carbocycles. The van der Waals surface area contributed by atoms with Crippen LogP contribution in [-0.2, 0) is 16.6 Å². The second-order valence-electron chi connectivity index (χ2n) is 8.27. The van der Waals surface area contributed by atoms with E-state index < -0.39 is 21.7 Å². The van der Waals surface area contributed by atoms with Crippen LogP contribution in [0.3, 0.4) is 0 Å². The van der Waals surface area contributed by atoms with Crippen LogP contribution in [-0.4, -0.2) is 43.7 Å². The highest BCUT2D eigenvalue weighted by atomic mass is 35.5. The number of hydrogen-bond acceptors (Lipinski definition) is 6. The predicted octanol–water partition coefficient (Wildman–Crippen LogP) is 4.68. The summed E-state index contributed by atoms with van der Waals surface area (Å²) in [4.78, 5) is 6.25. The highest BCUT2D eigenvalue weighted by molar-refractivity contribution is 7.92. The summed E-state index contributed by atoms with van der Waals surface area (Å²) in [5.41, 5.74) is 7.44. The fraction of sp³-hybridized carbons (Fsp3) is 0.292. The first kappa shape index (κ1) is 25.2. The Morgan fingerprint density at radius 2 is 1.83 bits per heavy atom. The number of halogens is 3. The highest BCUT2D eigenvalue weighted by Gasteiger charge is 2.17. The van der Waals surface area contributed by atoms with Gasteiger partial charge in [0.25, 0.3) is 0 Å². The van der Waals surface area contributed by atoms with E-state index in [1.54, 1.807) is 30.3 Å². The van der Waals surface area contributed by atoms with Crippen LogP contribution in [0.4, 0.5) is 20.3 Å². The van der Waals surface area contributed by atoms with E-state index in [4.69, 9.17) is 22.1 Å². The Balaban J connectivity index is 1.48. The van der Waals surface area contributed by atoms with Crippen LogP contribution in [0.1, 0.15) is 18.4 Å². The number of nitrogens with one attached hydrogen (secondary N) is 1. The summed E-state index contributed by atoms with van der Waals surface area (Å²) in [6.45, 7) is 2.00. The van der Waals surface area contributed by atoms with Gasteiger partial charge in [-0.25, -0.2) is 22.2 Å². The van der Waals surface area contributed by atoms with Crippen LogP contribution in [0.15, 0.2) is 48.7 Å². The first-order chi connectivity index (χ1) is 16.7. The van der Waals surface area contributed by atoms with Crippen molar-refractivity contribution in [1.82, 2.24) is 9.88 Å². The van der Waals surface area contributed by atoms with E-state index in [0.29, 0.717) is 23.4 Å². The maximum absolute atomic E-state index is 14.1. The number of nitrogens with two attached hydrogens (primary N) is 1. The first-order valence-corrected chi connectivity index (χ1v) is 13.1. The van der Waals surface area contributed by atoms with Crippen molar-refractivity contribution in [2.24, 2.45) is 0 Å². The van der Waals surface area contributed by atoms with E-state index in [0.717, 1.165) is 38.1 Å². The molecule has 0 saturated carbocycles. The molecule has 3 aromatic rings. The standard InChI is InChI=1S/C24H25ClF2N4O3S/c25-23-19(20(26)6-7-21(23)27)15-34-22-13-17(14-29-24(22)28)16-4-3-5-18(12-16)30-35(32,33)11-10-31-8-1-2-9-31/h3-7,12-14,30H,1-2,8-11,15H2,(H2,28,29). The Hall–Kier alpha value is -2.95. The summed E-state index contributed by atoms with van der Waals surface area (Å²) in [5.74, 6) is -1.24. The Kier molecular flexibility index (Phi) is 7.73. The molecule has 1 aliphatic heterocycles. The summed E-state index contributed by atoms with van der Waals surface area (Å²) in [6, 6.07) is 10.3. The van der Waals surface area contributed by atoms with Gasteiger partial charge in [0.15, 0.2) is 11.6 Å². The van der Waals surface area contributed by atoms with E-state index in [2.05, 4.69) is 14.6 Å². The van der Waals surface area contributed by atoms with Crippen LogP contribution in [0.25, 0.3) is 11.1 Å². The average Bonchev–Trinajstić information content (AvgIpc) is 3.35. The SMILES string of the molecule is Nc1ncc(-c2cccc(NS(=O)(=O)CCN3CCCC3)c2)cc1OCc1c(F)ccc(F)c1Cl. The van der Waals surface area contributed by atoms with Gasteiger partial charge in [-0.05, 0) is 61.8 Å². The van der Waals surface area contributed by atoms with Crippen molar-refractivity contribution >= 4 is 33.1 Å². The van der Waals surface area contributed by atoms with Crippen LogP contribution >= 0.6 is 11.6 Å². The van der Waals surface area contributed by atoms with Crippen molar-refractivity contribution in [1.29, 1.82) is 0 Å². The number of pyridine rings is 1. The lowest BCUT2D eigenvalue weighted by Crippen LogP contribution is -2.29. The van der Waals surface area contributed by atoms with Gasteiger partial charge in [0.1, 0.15) is 18.2 Å². The second-order valence-corrected chi connectivity index (χ2v) is 10.5. The number of nitrogen functional groups attached to an aromatic ring is 1. The number of anilines is 2. The Morgan fingerprint density at radius 3 is 2.60 bits per heavy atom. The number of aromatic nitrogens is 1. The first-order valence-electron chi connectivity index (χ1n) is 11.1. The zero-order valence-electron chi connectivity index (χ0n) is 18.8. The molecule has 11 heteroatoms. The van der Waals surface area contributed by atoms with Crippen molar-refractivity contribution < 1.29 is 21.9 Å². The van der Waals surface area contributed by atoms with Gasteiger partial charge in [0, 0.05) is 29.6 Å². The van der Waals surface area contributed by atoms with E-state index in [1.165, 1.54) is 6.20 Å². The summed E-state index contributed by atoms with van der Waals surface area (Å²) in [5, 5.41) is -0.364. The molecule has 1 fully saturated rings. The molecule has 0 spiro atoms. The molecular weight excluding hydrogens is 498 g/mol. The van der Waals surface area contributed by atoms with Crippen molar-refractivity contribution in [2.45, 2.75) is 19.4 Å². The van der Waals surface area contributed by atoms with Crippen molar-refractivity contribution in [3.05, 3.63) is 70.9 Å². The summed E-state index contributed by atoms with van der Waals surface area (Å²) >= 11 is 5.86. The number of sulfonamides is 1. The van der Waals surface area contributed by atoms with Gasteiger partial charge in [-0.3, -0.25) is 4.72 Å². The molecule has 35 heavy (non-hydrogen) atoms. The van der Waals surface area contributed by atoms with E-state index in [1.807, 2.05) is 0 Å². The third kappa shape index (κ3) is 6.39. The van der Waals surface area contributed by atoms with Crippen LogP contribution in [0.2, 0.25) is 5.02 Å². The van der Waals surface area contributed by atoms with E-state index in [-0.39, 0.29) is 34.5 Å². The normalized spacial score (nSPS) is 14.3. The van der Waals surface area contributed by atoms with Crippen molar-refractivity contribution in [3.8, 4) is 16.9 Å². The van der Waals surface area contributed by atoms with Crippen molar-refractivity contribution in [3.63, 3.8) is 0 Å². The van der Waals surface area contributed by atoms with Gasteiger partial charge in [-0.2, -0.15) is 0 Å². The molecule has 3 N–H and O–H groups in total. The number of rotatable bonds is 9. The average molecular weight is 523 g/mol. The maximum atomic E-state index is 14.1. The largest absolute Gasteiger partial charge is 0.485 e. The lowest BCUT2D eigenvalue weighted by atomic mass is 10.1. The van der Waals surface area contributed by atoms with Crippen LogP contribution in [0.5, 0.6) is 5.75 Å². The molecule has 186 valence electrons. The highest BCUT2D eigenvalue weighted by Crippen LogP contribution is 2.31. The molecular formula is C24H25ClF2N4O3S. The quantitative estimate of drug-likeness (QED) is 0.396. The molecule has 0 radical (unpaired) electrons.